The number of guanidine groups is 1. The Bertz CT molecular complexity index is 821. The summed E-state index contributed by atoms with van der Waals surface area (Å²) in [7, 11) is 0. The van der Waals surface area contributed by atoms with Crippen molar-refractivity contribution in [2.75, 3.05) is 50.7 Å². The second-order valence-electron chi connectivity index (χ2n) is 6.66. The molecule has 8 heteroatoms. The average Bonchev–Trinajstić information content (AvgIpc) is 2.77. The highest BCUT2D eigenvalue weighted by Gasteiger charge is 2.20. The monoisotopic (exact) mass is 414 g/mol. The number of benzene rings is 1. The van der Waals surface area contributed by atoms with Gasteiger partial charge in [0.15, 0.2) is 5.96 Å². The maximum atomic E-state index is 12.1. The molecular weight excluding hydrogens is 388 g/mol. The Morgan fingerprint density at radius 1 is 1.14 bits per heavy atom. The van der Waals surface area contributed by atoms with Gasteiger partial charge in [0.05, 0.1) is 22.8 Å². The minimum absolute atomic E-state index is 0.133. The van der Waals surface area contributed by atoms with Gasteiger partial charge in [0, 0.05) is 51.7 Å². The third-order valence-electron chi connectivity index (χ3n) is 4.69. The van der Waals surface area contributed by atoms with Crippen molar-refractivity contribution in [3.8, 4) is 0 Å². The van der Waals surface area contributed by atoms with E-state index in [4.69, 9.17) is 11.6 Å². The smallest absolute Gasteiger partial charge is 0.252 e. The van der Waals surface area contributed by atoms with Crippen LogP contribution in [0.3, 0.4) is 0 Å². The zero-order chi connectivity index (χ0) is 20.5. The molecule has 0 aliphatic carbocycles. The van der Waals surface area contributed by atoms with Crippen molar-refractivity contribution in [1.29, 1.82) is 0 Å². The van der Waals surface area contributed by atoms with Gasteiger partial charge in [-0.25, -0.2) is 0 Å². The number of piperazine rings is 1. The van der Waals surface area contributed by atoms with Crippen molar-refractivity contribution in [2.24, 2.45) is 4.99 Å². The topological polar surface area (TPSA) is 72.9 Å². The van der Waals surface area contributed by atoms with Gasteiger partial charge in [0.1, 0.15) is 0 Å². The summed E-state index contributed by atoms with van der Waals surface area (Å²) >= 11 is 6.33. The zero-order valence-electron chi connectivity index (χ0n) is 16.6. The van der Waals surface area contributed by atoms with Crippen LogP contribution in [0.25, 0.3) is 0 Å². The number of pyridine rings is 1. The summed E-state index contributed by atoms with van der Waals surface area (Å²) in [5, 5.41) is 7.01. The van der Waals surface area contributed by atoms with Crippen LogP contribution in [0.4, 0.5) is 5.69 Å². The van der Waals surface area contributed by atoms with Gasteiger partial charge in [-0.05, 0) is 31.2 Å². The van der Waals surface area contributed by atoms with Crippen LogP contribution in [-0.4, -0.2) is 67.6 Å². The molecule has 0 unspecified atom stereocenters. The largest absolute Gasteiger partial charge is 0.367 e. The molecule has 2 heterocycles. The standard InChI is InChI=1S/C21H27ClN6O/c1-2-24-21(26-11-10-25-20(29)17-6-5-9-23-16-17)28-14-12-27(13-15-28)19-8-4-3-7-18(19)22/h3-9,16H,2,10-15H2,1H3,(H,24,26)(H,25,29). The lowest BCUT2D eigenvalue weighted by atomic mass is 10.2. The van der Waals surface area contributed by atoms with Gasteiger partial charge in [0.25, 0.3) is 5.91 Å². The molecule has 0 saturated carbocycles. The van der Waals surface area contributed by atoms with E-state index in [1.165, 1.54) is 0 Å². The molecule has 1 aromatic heterocycles. The Labute approximate surface area is 176 Å². The number of carbonyl (C=O) groups is 1. The lowest BCUT2D eigenvalue weighted by molar-refractivity contribution is 0.0954. The van der Waals surface area contributed by atoms with Crippen molar-refractivity contribution in [2.45, 2.75) is 6.92 Å². The second kappa shape index (κ2) is 10.7. The van der Waals surface area contributed by atoms with Gasteiger partial charge in [0.2, 0.25) is 0 Å². The van der Waals surface area contributed by atoms with E-state index in [0.29, 0.717) is 18.7 Å². The molecule has 154 valence electrons. The third kappa shape index (κ3) is 5.84. The SMILES string of the molecule is CCNC(=NCCNC(=O)c1cccnc1)N1CCN(c2ccccc2Cl)CC1. The fourth-order valence-electron chi connectivity index (χ4n) is 3.22. The molecule has 1 saturated heterocycles. The summed E-state index contributed by atoms with van der Waals surface area (Å²) in [6, 6.07) is 11.4. The predicted octanol–water partition coefficient (Wildman–Crippen LogP) is 2.25. The normalized spacial score (nSPS) is 14.6. The number of carbonyl (C=O) groups excluding carboxylic acids is 1. The first-order valence-electron chi connectivity index (χ1n) is 9.90. The number of anilines is 1. The molecule has 2 N–H and O–H groups in total. The molecule has 29 heavy (non-hydrogen) atoms. The average molecular weight is 415 g/mol. The molecule has 1 aliphatic heterocycles. The van der Waals surface area contributed by atoms with Crippen LogP contribution in [0, 0.1) is 0 Å². The Morgan fingerprint density at radius 2 is 1.93 bits per heavy atom. The van der Waals surface area contributed by atoms with E-state index in [1.807, 2.05) is 18.2 Å². The number of nitrogens with zero attached hydrogens (tertiary/aromatic N) is 4. The Balaban J connectivity index is 1.50. The molecule has 7 nitrogen and oxygen atoms in total. The van der Waals surface area contributed by atoms with Crippen LogP contribution in [0.5, 0.6) is 0 Å². The van der Waals surface area contributed by atoms with Crippen molar-refractivity contribution < 1.29 is 4.79 Å². The summed E-state index contributed by atoms with van der Waals surface area (Å²) in [6.45, 7) is 7.32. The highest BCUT2D eigenvalue weighted by atomic mass is 35.5. The molecule has 0 radical (unpaired) electrons. The first kappa shape index (κ1) is 20.9. The van der Waals surface area contributed by atoms with Gasteiger partial charge < -0.3 is 20.4 Å². The van der Waals surface area contributed by atoms with Crippen LogP contribution in [0.2, 0.25) is 5.02 Å². The fraction of sp³-hybridized carbons (Fsp3) is 0.381. The minimum atomic E-state index is -0.133. The predicted molar refractivity (Wildman–Crippen MR) is 118 cm³/mol. The van der Waals surface area contributed by atoms with Crippen molar-refractivity contribution in [3.05, 3.63) is 59.4 Å². The first-order valence-corrected chi connectivity index (χ1v) is 10.3. The number of halogens is 1. The number of nitrogens with one attached hydrogen (secondary N) is 2. The molecule has 0 spiro atoms. The lowest BCUT2D eigenvalue weighted by Crippen LogP contribution is -2.52. The Hall–Kier alpha value is -2.80. The van der Waals surface area contributed by atoms with Crippen molar-refractivity contribution in [1.82, 2.24) is 20.5 Å². The van der Waals surface area contributed by atoms with Crippen LogP contribution in [0.1, 0.15) is 17.3 Å². The highest BCUT2D eigenvalue weighted by Crippen LogP contribution is 2.25. The molecular formula is C21H27ClN6O. The minimum Gasteiger partial charge on any atom is -0.367 e. The molecule has 0 bridgehead atoms. The van der Waals surface area contributed by atoms with E-state index in [1.54, 1.807) is 24.5 Å². The maximum Gasteiger partial charge on any atom is 0.252 e. The first-order chi connectivity index (χ1) is 14.2. The summed E-state index contributed by atoms with van der Waals surface area (Å²) in [4.78, 5) is 25.3. The zero-order valence-corrected chi connectivity index (χ0v) is 17.4. The number of amides is 1. The van der Waals surface area contributed by atoms with E-state index in [0.717, 1.165) is 49.4 Å². The molecule has 2 aromatic rings. The highest BCUT2D eigenvalue weighted by molar-refractivity contribution is 6.33. The van der Waals surface area contributed by atoms with Gasteiger partial charge in [-0.15, -0.1) is 0 Å². The maximum absolute atomic E-state index is 12.1. The molecule has 1 amide bonds. The van der Waals surface area contributed by atoms with Crippen LogP contribution in [-0.2, 0) is 0 Å². The molecule has 1 fully saturated rings. The van der Waals surface area contributed by atoms with Crippen LogP contribution in [0.15, 0.2) is 53.8 Å². The van der Waals surface area contributed by atoms with Gasteiger partial charge in [-0.2, -0.15) is 0 Å². The van der Waals surface area contributed by atoms with E-state index < -0.39 is 0 Å². The Morgan fingerprint density at radius 3 is 2.62 bits per heavy atom. The summed E-state index contributed by atoms with van der Waals surface area (Å²) in [6.07, 6.45) is 3.20. The van der Waals surface area contributed by atoms with E-state index in [9.17, 15) is 4.79 Å². The Kier molecular flexibility index (Phi) is 7.69. The molecule has 0 atom stereocenters. The van der Waals surface area contributed by atoms with Gasteiger partial charge in [-0.1, -0.05) is 23.7 Å². The number of hydrogen-bond acceptors (Lipinski definition) is 4. The van der Waals surface area contributed by atoms with Crippen LogP contribution >= 0.6 is 11.6 Å². The summed E-state index contributed by atoms with van der Waals surface area (Å²) in [5.41, 5.74) is 1.63. The molecule has 3 rings (SSSR count). The second-order valence-corrected chi connectivity index (χ2v) is 7.07. The van der Waals surface area contributed by atoms with Crippen molar-refractivity contribution in [3.63, 3.8) is 0 Å². The summed E-state index contributed by atoms with van der Waals surface area (Å²) in [5.74, 6) is 0.744. The number of aliphatic imine (C=N–C) groups is 1. The quantitative estimate of drug-likeness (QED) is 0.431. The van der Waals surface area contributed by atoms with Crippen LogP contribution < -0.4 is 15.5 Å². The van der Waals surface area contributed by atoms with E-state index in [-0.39, 0.29) is 5.91 Å². The fourth-order valence-corrected chi connectivity index (χ4v) is 3.48. The number of para-hydroxylation sites is 1. The van der Waals surface area contributed by atoms with E-state index >= 15 is 0 Å². The molecule has 1 aromatic carbocycles. The number of rotatable bonds is 6. The molecule has 1 aliphatic rings. The van der Waals surface area contributed by atoms with Gasteiger partial charge in [-0.3, -0.25) is 14.8 Å². The third-order valence-corrected chi connectivity index (χ3v) is 5.01. The summed E-state index contributed by atoms with van der Waals surface area (Å²) < 4.78 is 0. The lowest BCUT2D eigenvalue weighted by Gasteiger charge is -2.38. The van der Waals surface area contributed by atoms with Gasteiger partial charge >= 0.3 is 0 Å². The number of hydrogen-bond donors (Lipinski definition) is 2. The number of aromatic nitrogens is 1. The van der Waals surface area contributed by atoms with Crippen molar-refractivity contribution >= 4 is 29.2 Å². The van der Waals surface area contributed by atoms with E-state index in [2.05, 4.69) is 43.4 Å².